The van der Waals surface area contributed by atoms with E-state index in [0.29, 0.717) is 5.92 Å². The van der Waals surface area contributed by atoms with E-state index in [1.54, 1.807) is 0 Å². The van der Waals surface area contributed by atoms with Crippen LogP contribution in [0.1, 0.15) is 115 Å². The van der Waals surface area contributed by atoms with Gasteiger partial charge in [0.05, 0.1) is 6.61 Å². The van der Waals surface area contributed by atoms with Crippen molar-refractivity contribution < 1.29 is 4.74 Å². The molecule has 1 fully saturated rings. The zero-order valence-electron chi connectivity index (χ0n) is 20.7. The fourth-order valence-corrected chi connectivity index (χ4v) is 5.06. The van der Waals surface area contributed by atoms with Gasteiger partial charge in [-0.15, -0.1) is 0 Å². The highest BCUT2D eigenvalue weighted by Crippen LogP contribution is 2.37. The van der Waals surface area contributed by atoms with E-state index < -0.39 is 0 Å². The predicted molar refractivity (Wildman–Crippen MR) is 137 cm³/mol. The van der Waals surface area contributed by atoms with Crippen LogP contribution in [0.3, 0.4) is 0 Å². The zero-order chi connectivity index (χ0) is 22.4. The molecule has 176 valence electrons. The summed E-state index contributed by atoms with van der Waals surface area (Å²) in [6.07, 6.45) is 20.9. The largest absolute Gasteiger partial charge is 0.494 e. The molecule has 2 aromatic rings. The number of hydrogen-bond donors (Lipinski definition) is 0. The van der Waals surface area contributed by atoms with E-state index in [1.807, 2.05) is 0 Å². The number of nitrogens with zero attached hydrogens (tertiary/aromatic N) is 1. The van der Waals surface area contributed by atoms with Crippen LogP contribution in [0.2, 0.25) is 0 Å². The van der Waals surface area contributed by atoms with Gasteiger partial charge >= 0.3 is 0 Å². The minimum absolute atomic E-state index is 0.657. The van der Waals surface area contributed by atoms with E-state index in [4.69, 9.17) is 9.72 Å². The van der Waals surface area contributed by atoms with Crippen LogP contribution in [0.5, 0.6) is 5.75 Å². The van der Waals surface area contributed by atoms with Gasteiger partial charge in [-0.2, -0.15) is 0 Å². The van der Waals surface area contributed by atoms with Gasteiger partial charge in [0.15, 0.2) is 0 Å². The second-order valence-corrected chi connectivity index (χ2v) is 9.83. The van der Waals surface area contributed by atoms with Crippen molar-refractivity contribution in [3.05, 3.63) is 48.3 Å². The lowest BCUT2D eigenvalue weighted by molar-refractivity contribution is 0.299. The van der Waals surface area contributed by atoms with Crippen molar-refractivity contribution in [2.75, 3.05) is 6.61 Å². The Balaban J connectivity index is 1.41. The summed E-state index contributed by atoms with van der Waals surface area (Å²) in [5.41, 5.74) is 3.71. The lowest BCUT2D eigenvalue weighted by Gasteiger charge is -2.28. The monoisotopic (exact) mass is 435 g/mol. The molecular weight excluding hydrogens is 390 g/mol. The van der Waals surface area contributed by atoms with E-state index in [9.17, 15) is 0 Å². The van der Waals surface area contributed by atoms with E-state index >= 15 is 0 Å². The zero-order valence-corrected chi connectivity index (χ0v) is 20.7. The third-order valence-corrected chi connectivity index (χ3v) is 7.22. The molecule has 0 aliphatic heterocycles. The molecule has 1 heterocycles. The van der Waals surface area contributed by atoms with Gasteiger partial charge in [0.2, 0.25) is 0 Å². The molecule has 0 atom stereocenters. The maximum absolute atomic E-state index is 5.91. The Morgan fingerprint density at radius 1 is 0.719 bits per heavy atom. The summed E-state index contributed by atoms with van der Waals surface area (Å²) in [5, 5.41) is 0. The van der Waals surface area contributed by atoms with Crippen molar-refractivity contribution in [3.8, 4) is 16.9 Å². The third-order valence-electron chi connectivity index (χ3n) is 7.22. The highest BCUT2D eigenvalue weighted by Gasteiger charge is 2.22. The summed E-state index contributed by atoms with van der Waals surface area (Å²) >= 11 is 0. The second kappa shape index (κ2) is 14.3. The SMILES string of the molecule is CCCCCCCOc1ccc(-c2ccc([C@H]3CC[C@H](CCCCCC)CC3)nc2)cc1. The first-order chi connectivity index (χ1) is 15.8. The maximum Gasteiger partial charge on any atom is 0.119 e. The molecule has 2 nitrogen and oxygen atoms in total. The first kappa shape index (κ1) is 24.8. The van der Waals surface area contributed by atoms with Crippen LogP contribution in [0.15, 0.2) is 42.6 Å². The van der Waals surface area contributed by atoms with E-state index in [0.717, 1.165) is 24.7 Å². The number of hydrogen-bond acceptors (Lipinski definition) is 2. The number of aromatic nitrogens is 1. The Morgan fingerprint density at radius 3 is 2.03 bits per heavy atom. The van der Waals surface area contributed by atoms with Gasteiger partial charge in [-0.05, 0) is 61.8 Å². The summed E-state index contributed by atoms with van der Waals surface area (Å²) in [4.78, 5) is 4.87. The van der Waals surface area contributed by atoms with Crippen molar-refractivity contribution in [3.63, 3.8) is 0 Å². The summed E-state index contributed by atoms with van der Waals surface area (Å²) in [5.74, 6) is 2.59. The van der Waals surface area contributed by atoms with Crippen LogP contribution in [0.25, 0.3) is 11.1 Å². The molecule has 2 heteroatoms. The molecule has 0 saturated heterocycles. The molecule has 1 saturated carbocycles. The molecule has 0 spiro atoms. The summed E-state index contributed by atoms with van der Waals surface area (Å²) < 4.78 is 5.91. The second-order valence-electron chi connectivity index (χ2n) is 9.83. The minimum Gasteiger partial charge on any atom is -0.494 e. The van der Waals surface area contributed by atoms with Gasteiger partial charge in [0.1, 0.15) is 5.75 Å². The number of pyridine rings is 1. The number of unbranched alkanes of at least 4 members (excludes halogenated alkanes) is 7. The average Bonchev–Trinajstić information content (AvgIpc) is 2.85. The Hall–Kier alpha value is -1.83. The highest BCUT2D eigenvalue weighted by molar-refractivity contribution is 5.63. The Bertz CT molecular complexity index is 728. The highest BCUT2D eigenvalue weighted by atomic mass is 16.5. The van der Waals surface area contributed by atoms with Crippen molar-refractivity contribution in [2.45, 2.75) is 110 Å². The van der Waals surface area contributed by atoms with Gasteiger partial charge in [-0.3, -0.25) is 4.98 Å². The predicted octanol–water partition coefficient (Wildman–Crippen LogP) is 9.34. The van der Waals surface area contributed by atoms with Crippen LogP contribution in [0.4, 0.5) is 0 Å². The Morgan fingerprint density at radius 2 is 1.38 bits per heavy atom. The Kier molecular flexibility index (Phi) is 11.1. The molecule has 32 heavy (non-hydrogen) atoms. The molecule has 1 aromatic heterocycles. The molecule has 1 aliphatic carbocycles. The fourth-order valence-electron chi connectivity index (χ4n) is 5.06. The topological polar surface area (TPSA) is 22.1 Å². The molecule has 0 N–H and O–H groups in total. The van der Waals surface area contributed by atoms with E-state index in [1.165, 1.54) is 100 Å². The van der Waals surface area contributed by atoms with Gasteiger partial charge in [0, 0.05) is 23.4 Å². The lowest BCUT2D eigenvalue weighted by Crippen LogP contribution is -2.14. The molecule has 0 radical (unpaired) electrons. The smallest absolute Gasteiger partial charge is 0.119 e. The number of ether oxygens (including phenoxy) is 1. The van der Waals surface area contributed by atoms with Crippen LogP contribution in [0, 0.1) is 5.92 Å². The van der Waals surface area contributed by atoms with Crippen molar-refractivity contribution >= 4 is 0 Å². The lowest BCUT2D eigenvalue weighted by atomic mass is 9.78. The van der Waals surface area contributed by atoms with Gasteiger partial charge in [0.25, 0.3) is 0 Å². The normalized spacial score (nSPS) is 18.6. The van der Waals surface area contributed by atoms with Crippen molar-refractivity contribution in [1.82, 2.24) is 4.98 Å². The Labute approximate surface area is 197 Å². The number of benzene rings is 1. The van der Waals surface area contributed by atoms with Gasteiger partial charge in [-0.1, -0.05) is 89.8 Å². The fraction of sp³-hybridized carbons (Fsp3) is 0.633. The number of rotatable bonds is 14. The van der Waals surface area contributed by atoms with Crippen LogP contribution in [-0.2, 0) is 0 Å². The van der Waals surface area contributed by atoms with Crippen LogP contribution in [-0.4, -0.2) is 11.6 Å². The van der Waals surface area contributed by atoms with Crippen LogP contribution < -0.4 is 4.74 Å². The van der Waals surface area contributed by atoms with Crippen molar-refractivity contribution in [2.24, 2.45) is 5.92 Å². The molecular formula is C30H45NO. The summed E-state index contributed by atoms with van der Waals surface area (Å²) in [7, 11) is 0. The molecule has 0 unspecified atom stereocenters. The molecule has 1 aliphatic rings. The summed E-state index contributed by atoms with van der Waals surface area (Å²) in [6, 6.07) is 13.0. The molecule has 1 aromatic carbocycles. The minimum atomic E-state index is 0.657. The third kappa shape index (κ3) is 8.26. The average molecular weight is 436 g/mol. The molecule has 0 bridgehead atoms. The van der Waals surface area contributed by atoms with Gasteiger partial charge in [-0.25, -0.2) is 0 Å². The van der Waals surface area contributed by atoms with Crippen LogP contribution >= 0.6 is 0 Å². The summed E-state index contributed by atoms with van der Waals surface area (Å²) in [6.45, 7) is 5.37. The molecule has 3 rings (SSSR count). The van der Waals surface area contributed by atoms with E-state index in [-0.39, 0.29) is 0 Å². The standard InChI is InChI=1S/C30H45NO/c1-3-5-7-9-11-23-32-29-20-17-26(18-21-29)28-19-22-30(31-24-28)27-15-13-25(14-16-27)12-10-8-6-4-2/h17-22,24-25,27H,3-16,23H2,1-2H3/t25-,27-. The van der Waals surface area contributed by atoms with Gasteiger partial charge < -0.3 is 4.74 Å². The van der Waals surface area contributed by atoms with E-state index in [2.05, 4.69) is 56.4 Å². The first-order valence-electron chi connectivity index (χ1n) is 13.5. The molecule has 0 amide bonds. The van der Waals surface area contributed by atoms with Crippen molar-refractivity contribution in [1.29, 1.82) is 0 Å². The quantitative estimate of drug-likeness (QED) is 0.276. The maximum atomic E-state index is 5.91. The first-order valence-corrected chi connectivity index (χ1v) is 13.5.